The molecule has 1 unspecified atom stereocenters. The highest BCUT2D eigenvalue weighted by Gasteiger charge is 2.35. The number of hydrogen-bond donors (Lipinski definition) is 2. The van der Waals surface area contributed by atoms with E-state index in [-0.39, 0.29) is 10.7 Å². The van der Waals surface area contributed by atoms with Crippen molar-refractivity contribution < 1.29 is 18.0 Å². The summed E-state index contributed by atoms with van der Waals surface area (Å²) in [6.45, 7) is 1.81. The van der Waals surface area contributed by atoms with Gasteiger partial charge in [0.15, 0.2) is 0 Å². The van der Waals surface area contributed by atoms with Crippen LogP contribution in [0.4, 0.5) is 18.9 Å². The van der Waals surface area contributed by atoms with Crippen LogP contribution in [0.25, 0.3) is 0 Å². The lowest BCUT2D eigenvalue weighted by Gasteiger charge is -2.28. The van der Waals surface area contributed by atoms with Crippen LogP contribution in [0, 0.1) is 6.92 Å². The molecule has 1 amide bonds. The molecule has 0 heterocycles. The van der Waals surface area contributed by atoms with Gasteiger partial charge in [-0.15, -0.1) is 0 Å². The molecule has 0 spiro atoms. The quantitative estimate of drug-likeness (QED) is 0.421. The normalized spacial score (nSPS) is 13.2. The van der Waals surface area contributed by atoms with Gasteiger partial charge in [0, 0.05) is 5.56 Å². The first-order valence-corrected chi connectivity index (χ1v) is 8.96. The molecule has 0 fully saturated rings. The van der Waals surface area contributed by atoms with Crippen LogP contribution in [-0.4, -0.2) is 15.9 Å². The first-order valence-electron chi connectivity index (χ1n) is 7.45. The largest absolute Gasteiger partial charge is 0.416 e. The maximum Gasteiger partial charge on any atom is 0.416 e. The highest BCUT2D eigenvalue weighted by molar-refractivity contribution is 6.68. The molecule has 27 heavy (non-hydrogen) atoms. The Kier molecular flexibility index (Phi) is 6.79. The summed E-state index contributed by atoms with van der Waals surface area (Å²) < 4.78 is 36.2. The predicted molar refractivity (Wildman–Crippen MR) is 103 cm³/mol. The minimum absolute atomic E-state index is 0.0607. The van der Waals surface area contributed by atoms with E-state index in [1.165, 1.54) is 0 Å². The second kappa shape index (κ2) is 8.35. The van der Waals surface area contributed by atoms with Crippen molar-refractivity contribution in [2.45, 2.75) is 23.1 Å². The van der Waals surface area contributed by atoms with Crippen molar-refractivity contribution >= 4 is 58.0 Å². The predicted octanol–water partition coefficient (Wildman–Crippen LogP) is 6.21. The SMILES string of the molecule is Cc1cccc(C(=O)NC(Nc2ccc(C(F)(F)F)cc2Cl)C(Cl)(Cl)Cl)c1. The summed E-state index contributed by atoms with van der Waals surface area (Å²) >= 11 is 23.6. The Bertz CT molecular complexity index is 838. The molecule has 2 aromatic carbocycles. The smallest absolute Gasteiger partial charge is 0.361 e. The number of carbonyl (C=O) groups is 1. The maximum atomic E-state index is 12.7. The van der Waals surface area contributed by atoms with Gasteiger partial charge in [0.1, 0.15) is 6.17 Å². The van der Waals surface area contributed by atoms with Crippen LogP contribution in [0.3, 0.4) is 0 Å². The molecule has 0 aliphatic rings. The number of amides is 1. The van der Waals surface area contributed by atoms with Gasteiger partial charge in [-0.25, -0.2) is 0 Å². The Morgan fingerprint density at radius 1 is 1.07 bits per heavy atom. The molecular formula is C17H13Cl4F3N2O. The Morgan fingerprint density at radius 3 is 2.26 bits per heavy atom. The van der Waals surface area contributed by atoms with Gasteiger partial charge in [-0.05, 0) is 37.3 Å². The van der Waals surface area contributed by atoms with Crippen molar-refractivity contribution in [2.75, 3.05) is 5.32 Å². The zero-order valence-corrected chi connectivity index (χ0v) is 16.7. The van der Waals surface area contributed by atoms with Gasteiger partial charge in [-0.2, -0.15) is 13.2 Å². The summed E-state index contributed by atoms with van der Waals surface area (Å²) in [6.07, 6.45) is -5.80. The third-order valence-corrected chi connectivity index (χ3v) is 4.45. The number of carbonyl (C=O) groups excluding carboxylic acids is 1. The summed E-state index contributed by atoms with van der Waals surface area (Å²) in [4.78, 5) is 12.4. The first kappa shape index (κ1) is 22.0. The van der Waals surface area contributed by atoms with E-state index in [9.17, 15) is 18.0 Å². The van der Waals surface area contributed by atoms with Gasteiger partial charge in [0.2, 0.25) is 3.79 Å². The first-order chi connectivity index (χ1) is 12.4. The fourth-order valence-corrected chi connectivity index (χ4v) is 2.73. The van der Waals surface area contributed by atoms with Crippen molar-refractivity contribution in [1.82, 2.24) is 5.32 Å². The molecule has 0 saturated heterocycles. The zero-order chi connectivity index (χ0) is 20.4. The number of aryl methyl sites for hydroxylation is 1. The summed E-state index contributed by atoms with van der Waals surface area (Å²) in [7, 11) is 0. The van der Waals surface area contributed by atoms with Crippen molar-refractivity contribution in [3.63, 3.8) is 0 Å². The zero-order valence-electron chi connectivity index (χ0n) is 13.7. The molecule has 0 bridgehead atoms. The van der Waals surface area contributed by atoms with E-state index in [1.807, 2.05) is 13.0 Å². The van der Waals surface area contributed by atoms with E-state index in [1.54, 1.807) is 18.2 Å². The molecule has 3 nitrogen and oxygen atoms in total. The van der Waals surface area contributed by atoms with Crippen LogP contribution in [0.5, 0.6) is 0 Å². The molecule has 2 rings (SSSR count). The number of rotatable bonds is 4. The van der Waals surface area contributed by atoms with Crippen LogP contribution in [0.1, 0.15) is 21.5 Å². The molecule has 0 radical (unpaired) electrons. The van der Waals surface area contributed by atoms with Crippen LogP contribution in [-0.2, 0) is 6.18 Å². The molecule has 0 aliphatic heterocycles. The summed E-state index contributed by atoms with van der Waals surface area (Å²) in [5.41, 5.74) is 0.319. The molecular weight excluding hydrogens is 447 g/mol. The van der Waals surface area contributed by atoms with Crippen LogP contribution >= 0.6 is 46.4 Å². The highest BCUT2D eigenvalue weighted by atomic mass is 35.6. The average Bonchev–Trinajstić information content (AvgIpc) is 2.53. The van der Waals surface area contributed by atoms with Crippen LogP contribution < -0.4 is 10.6 Å². The summed E-state index contributed by atoms with van der Waals surface area (Å²) in [5, 5.41) is 4.91. The number of hydrogen-bond acceptors (Lipinski definition) is 2. The molecule has 10 heteroatoms. The maximum absolute atomic E-state index is 12.7. The third kappa shape index (κ3) is 6.07. The van der Waals surface area contributed by atoms with E-state index in [0.29, 0.717) is 5.56 Å². The summed E-state index contributed by atoms with van der Waals surface area (Å²) in [5.74, 6) is -0.537. The Balaban J connectivity index is 2.24. The van der Waals surface area contributed by atoms with Crippen LogP contribution in [0.15, 0.2) is 42.5 Å². The number of alkyl halides is 6. The van der Waals surface area contributed by atoms with E-state index in [2.05, 4.69) is 10.6 Å². The standard InChI is InChI=1S/C17H13Cl4F3N2O/c1-9-3-2-4-10(7-9)14(27)26-15(16(19,20)21)25-13-6-5-11(8-12(13)18)17(22,23)24/h2-8,15,25H,1H3,(H,26,27). The number of anilines is 1. The molecule has 2 N–H and O–H groups in total. The van der Waals surface area contributed by atoms with Gasteiger partial charge in [-0.1, -0.05) is 64.1 Å². The highest BCUT2D eigenvalue weighted by Crippen LogP contribution is 2.36. The molecule has 0 aromatic heterocycles. The fraction of sp³-hybridized carbons (Fsp3) is 0.235. The summed E-state index contributed by atoms with van der Waals surface area (Å²) in [6, 6.07) is 9.36. The van der Waals surface area contributed by atoms with Crippen molar-refractivity contribution in [3.8, 4) is 0 Å². The second-order valence-electron chi connectivity index (χ2n) is 5.65. The van der Waals surface area contributed by atoms with Gasteiger partial charge in [-0.3, -0.25) is 4.79 Å². The Hall–Kier alpha value is -1.34. The lowest BCUT2D eigenvalue weighted by Crippen LogP contribution is -2.49. The molecule has 0 aliphatic carbocycles. The van der Waals surface area contributed by atoms with Crippen molar-refractivity contribution in [2.24, 2.45) is 0 Å². The van der Waals surface area contributed by atoms with Crippen LogP contribution in [0.2, 0.25) is 5.02 Å². The lowest BCUT2D eigenvalue weighted by atomic mass is 10.1. The van der Waals surface area contributed by atoms with Gasteiger partial charge in [0.05, 0.1) is 16.3 Å². The average molecular weight is 460 g/mol. The van der Waals surface area contributed by atoms with E-state index in [0.717, 1.165) is 23.8 Å². The number of nitrogens with one attached hydrogen (secondary N) is 2. The van der Waals surface area contributed by atoms with E-state index < -0.39 is 27.6 Å². The van der Waals surface area contributed by atoms with Gasteiger partial charge < -0.3 is 10.6 Å². The fourth-order valence-electron chi connectivity index (χ4n) is 2.16. The minimum atomic E-state index is -4.55. The topological polar surface area (TPSA) is 41.1 Å². The molecule has 1 atom stereocenters. The van der Waals surface area contributed by atoms with E-state index >= 15 is 0 Å². The minimum Gasteiger partial charge on any atom is -0.361 e. The number of halogens is 7. The second-order valence-corrected chi connectivity index (χ2v) is 8.43. The Labute approximate surface area is 173 Å². The van der Waals surface area contributed by atoms with Crippen molar-refractivity contribution in [1.29, 1.82) is 0 Å². The monoisotopic (exact) mass is 458 g/mol. The Morgan fingerprint density at radius 2 is 1.74 bits per heavy atom. The lowest BCUT2D eigenvalue weighted by molar-refractivity contribution is -0.137. The molecule has 0 saturated carbocycles. The van der Waals surface area contributed by atoms with Crippen molar-refractivity contribution in [3.05, 3.63) is 64.2 Å². The number of benzene rings is 2. The molecule has 2 aromatic rings. The van der Waals surface area contributed by atoms with Gasteiger partial charge in [0.25, 0.3) is 5.91 Å². The molecule has 146 valence electrons. The van der Waals surface area contributed by atoms with Gasteiger partial charge >= 0.3 is 6.18 Å². The van der Waals surface area contributed by atoms with E-state index in [4.69, 9.17) is 46.4 Å². The third-order valence-electron chi connectivity index (χ3n) is 3.48.